The number of carbonyl (C=O) groups excluding carboxylic acids is 1. The van der Waals surface area contributed by atoms with Crippen molar-refractivity contribution < 1.29 is 18.0 Å². The number of halogens is 3. The van der Waals surface area contributed by atoms with Crippen LogP contribution in [-0.2, 0) is 6.18 Å². The SMILES string of the molecule is Cc1ccccc1C(C)NC(=O)c1cccc(C(F)(F)F)c1. The van der Waals surface area contributed by atoms with E-state index in [1.165, 1.54) is 12.1 Å². The van der Waals surface area contributed by atoms with Crippen molar-refractivity contribution >= 4 is 5.91 Å². The predicted molar refractivity (Wildman–Crippen MR) is 78.5 cm³/mol. The van der Waals surface area contributed by atoms with Gasteiger partial charge in [0, 0.05) is 5.56 Å². The maximum Gasteiger partial charge on any atom is 0.416 e. The Labute approximate surface area is 127 Å². The van der Waals surface area contributed by atoms with Crippen molar-refractivity contribution in [3.8, 4) is 0 Å². The van der Waals surface area contributed by atoms with Gasteiger partial charge >= 0.3 is 6.18 Å². The molecule has 0 aromatic heterocycles. The topological polar surface area (TPSA) is 29.1 Å². The fourth-order valence-electron chi connectivity index (χ4n) is 2.27. The van der Waals surface area contributed by atoms with Crippen molar-refractivity contribution in [2.75, 3.05) is 0 Å². The van der Waals surface area contributed by atoms with Gasteiger partial charge in [0.1, 0.15) is 0 Å². The van der Waals surface area contributed by atoms with E-state index in [9.17, 15) is 18.0 Å². The van der Waals surface area contributed by atoms with E-state index >= 15 is 0 Å². The van der Waals surface area contributed by atoms with Crippen molar-refractivity contribution in [3.05, 3.63) is 70.8 Å². The molecule has 1 atom stereocenters. The Bertz CT molecular complexity index is 680. The standard InChI is InChI=1S/C17H16F3NO/c1-11-6-3-4-9-15(11)12(2)21-16(22)13-7-5-8-14(10-13)17(18,19)20/h3-10,12H,1-2H3,(H,21,22). The average Bonchev–Trinajstić information content (AvgIpc) is 2.46. The monoisotopic (exact) mass is 307 g/mol. The zero-order valence-corrected chi connectivity index (χ0v) is 12.2. The molecule has 0 fully saturated rings. The molecular weight excluding hydrogens is 291 g/mol. The Morgan fingerprint density at radius 1 is 1.09 bits per heavy atom. The van der Waals surface area contributed by atoms with Crippen LogP contribution in [0.15, 0.2) is 48.5 Å². The molecule has 1 unspecified atom stereocenters. The van der Waals surface area contributed by atoms with Crippen molar-refractivity contribution in [2.24, 2.45) is 0 Å². The summed E-state index contributed by atoms with van der Waals surface area (Å²) in [5, 5.41) is 2.73. The minimum Gasteiger partial charge on any atom is -0.346 e. The molecule has 22 heavy (non-hydrogen) atoms. The molecule has 5 heteroatoms. The first kappa shape index (κ1) is 16.1. The third kappa shape index (κ3) is 3.67. The van der Waals surface area contributed by atoms with Crippen LogP contribution in [0.4, 0.5) is 13.2 Å². The van der Waals surface area contributed by atoms with Crippen molar-refractivity contribution in [3.63, 3.8) is 0 Å². The lowest BCUT2D eigenvalue weighted by atomic mass is 10.0. The number of nitrogens with one attached hydrogen (secondary N) is 1. The van der Waals surface area contributed by atoms with Crippen LogP contribution in [0.1, 0.15) is 40.0 Å². The quantitative estimate of drug-likeness (QED) is 0.888. The summed E-state index contributed by atoms with van der Waals surface area (Å²) in [6.45, 7) is 3.72. The highest BCUT2D eigenvalue weighted by Gasteiger charge is 2.31. The van der Waals surface area contributed by atoms with Crippen LogP contribution in [0.3, 0.4) is 0 Å². The molecule has 2 aromatic carbocycles. The summed E-state index contributed by atoms with van der Waals surface area (Å²) < 4.78 is 38.0. The second-order valence-electron chi connectivity index (χ2n) is 5.13. The summed E-state index contributed by atoms with van der Waals surface area (Å²) in [5.41, 5.74) is 1.11. The molecule has 0 spiro atoms. The molecule has 0 saturated heterocycles. The number of hydrogen-bond acceptors (Lipinski definition) is 1. The van der Waals surface area contributed by atoms with Gasteiger partial charge in [-0.15, -0.1) is 0 Å². The third-order valence-corrected chi connectivity index (χ3v) is 3.45. The van der Waals surface area contributed by atoms with E-state index in [1.54, 1.807) is 6.92 Å². The smallest absolute Gasteiger partial charge is 0.346 e. The van der Waals surface area contributed by atoms with Gasteiger partial charge in [-0.1, -0.05) is 30.3 Å². The summed E-state index contributed by atoms with van der Waals surface area (Å²) in [6, 6.07) is 11.7. The predicted octanol–water partition coefficient (Wildman–Crippen LogP) is 4.50. The van der Waals surface area contributed by atoms with Crippen LogP contribution in [0, 0.1) is 6.92 Å². The summed E-state index contributed by atoms with van der Waals surface area (Å²) in [7, 11) is 0. The number of alkyl halides is 3. The Kier molecular flexibility index (Phi) is 4.54. The van der Waals surface area contributed by atoms with Crippen LogP contribution in [0.2, 0.25) is 0 Å². The second-order valence-corrected chi connectivity index (χ2v) is 5.13. The average molecular weight is 307 g/mol. The highest BCUT2D eigenvalue weighted by Crippen LogP contribution is 2.29. The first-order valence-corrected chi connectivity index (χ1v) is 6.82. The summed E-state index contributed by atoms with van der Waals surface area (Å²) in [5.74, 6) is -0.526. The molecule has 116 valence electrons. The molecule has 2 aromatic rings. The van der Waals surface area contributed by atoms with Gasteiger partial charge in [0.05, 0.1) is 11.6 Å². The number of aryl methyl sites for hydroxylation is 1. The molecule has 0 aliphatic carbocycles. The second kappa shape index (κ2) is 6.22. The van der Waals surface area contributed by atoms with Crippen molar-refractivity contribution in [2.45, 2.75) is 26.1 Å². The van der Waals surface area contributed by atoms with Gasteiger partial charge in [-0.05, 0) is 43.2 Å². The molecule has 0 radical (unpaired) electrons. The van der Waals surface area contributed by atoms with E-state index in [2.05, 4.69) is 5.32 Å². The van der Waals surface area contributed by atoms with Gasteiger partial charge < -0.3 is 5.32 Å². The van der Waals surface area contributed by atoms with E-state index < -0.39 is 17.6 Å². The first-order chi connectivity index (χ1) is 10.3. The Hall–Kier alpha value is -2.30. The normalized spacial score (nSPS) is 12.8. The molecule has 2 nitrogen and oxygen atoms in total. The maximum atomic E-state index is 12.7. The lowest BCUT2D eigenvalue weighted by molar-refractivity contribution is -0.137. The Balaban J connectivity index is 2.18. The van der Waals surface area contributed by atoms with E-state index in [-0.39, 0.29) is 11.6 Å². The molecule has 1 N–H and O–H groups in total. The van der Waals surface area contributed by atoms with Gasteiger partial charge in [-0.2, -0.15) is 13.2 Å². The van der Waals surface area contributed by atoms with Gasteiger partial charge in [0.25, 0.3) is 5.91 Å². The molecule has 2 rings (SSSR count). The van der Waals surface area contributed by atoms with Crippen LogP contribution in [0.25, 0.3) is 0 Å². The highest BCUT2D eigenvalue weighted by molar-refractivity contribution is 5.94. The number of benzene rings is 2. The number of carbonyl (C=O) groups is 1. The highest BCUT2D eigenvalue weighted by atomic mass is 19.4. The molecule has 1 amide bonds. The Morgan fingerprint density at radius 2 is 1.77 bits per heavy atom. The molecule has 0 bridgehead atoms. The zero-order chi connectivity index (χ0) is 16.3. The molecule has 0 aliphatic rings. The summed E-state index contributed by atoms with van der Waals surface area (Å²) in [6.07, 6.45) is -4.46. The fourth-order valence-corrected chi connectivity index (χ4v) is 2.27. The van der Waals surface area contributed by atoms with Crippen LogP contribution in [0.5, 0.6) is 0 Å². The largest absolute Gasteiger partial charge is 0.416 e. The van der Waals surface area contributed by atoms with E-state index in [0.29, 0.717) is 0 Å². The number of rotatable bonds is 3. The fraction of sp³-hybridized carbons (Fsp3) is 0.235. The molecular formula is C17H16F3NO. The van der Waals surface area contributed by atoms with E-state index in [4.69, 9.17) is 0 Å². The lowest BCUT2D eigenvalue weighted by Crippen LogP contribution is -2.27. The van der Waals surface area contributed by atoms with Crippen molar-refractivity contribution in [1.82, 2.24) is 5.32 Å². The lowest BCUT2D eigenvalue weighted by Gasteiger charge is -2.17. The third-order valence-electron chi connectivity index (χ3n) is 3.45. The van der Waals surface area contributed by atoms with Crippen molar-refractivity contribution in [1.29, 1.82) is 0 Å². The van der Waals surface area contributed by atoms with Crippen LogP contribution >= 0.6 is 0 Å². The summed E-state index contributed by atoms with van der Waals surface area (Å²) in [4.78, 5) is 12.1. The minimum atomic E-state index is -4.46. The van der Waals surface area contributed by atoms with E-state index in [1.807, 2.05) is 31.2 Å². The number of amides is 1. The van der Waals surface area contributed by atoms with Gasteiger partial charge in [0.15, 0.2) is 0 Å². The first-order valence-electron chi connectivity index (χ1n) is 6.82. The van der Waals surface area contributed by atoms with E-state index in [0.717, 1.165) is 23.3 Å². The summed E-state index contributed by atoms with van der Waals surface area (Å²) >= 11 is 0. The molecule has 0 saturated carbocycles. The van der Waals surface area contributed by atoms with Gasteiger partial charge in [-0.25, -0.2) is 0 Å². The number of hydrogen-bond donors (Lipinski definition) is 1. The zero-order valence-electron chi connectivity index (χ0n) is 12.2. The molecule has 0 heterocycles. The van der Waals surface area contributed by atoms with Gasteiger partial charge in [0.2, 0.25) is 0 Å². The van der Waals surface area contributed by atoms with Crippen LogP contribution < -0.4 is 5.32 Å². The Morgan fingerprint density at radius 3 is 2.41 bits per heavy atom. The molecule has 0 aliphatic heterocycles. The maximum absolute atomic E-state index is 12.7. The van der Waals surface area contributed by atoms with Gasteiger partial charge in [-0.3, -0.25) is 4.79 Å². The van der Waals surface area contributed by atoms with Crippen LogP contribution in [-0.4, -0.2) is 5.91 Å². The minimum absolute atomic E-state index is 0.00439.